The van der Waals surface area contributed by atoms with Crippen LogP contribution in [-0.4, -0.2) is 30.4 Å². The molecule has 1 aliphatic carbocycles. The van der Waals surface area contributed by atoms with Crippen LogP contribution in [0.2, 0.25) is 0 Å². The van der Waals surface area contributed by atoms with Crippen LogP contribution in [0.25, 0.3) is 0 Å². The Morgan fingerprint density at radius 2 is 2.00 bits per heavy atom. The van der Waals surface area contributed by atoms with Crippen LogP contribution in [0.5, 0.6) is 0 Å². The van der Waals surface area contributed by atoms with Gasteiger partial charge in [-0.3, -0.25) is 4.79 Å². The highest BCUT2D eigenvalue weighted by molar-refractivity contribution is 5.76. The molecule has 3 nitrogen and oxygen atoms in total. The van der Waals surface area contributed by atoms with Gasteiger partial charge in [0, 0.05) is 19.5 Å². The Kier molecular flexibility index (Phi) is 7.44. The fourth-order valence-corrected chi connectivity index (χ4v) is 2.89. The Bertz CT molecular complexity index is 261. The van der Waals surface area contributed by atoms with Gasteiger partial charge in [-0.25, -0.2) is 0 Å². The largest absolute Gasteiger partial charge is 0.343 e. The van der Waals surface area contributed by atoms with Gasteiger partial charge >= 0.3 is 0 Å². The lowest BCUT2D eigenvalue weighted by Crippen LogP contribution is -2.37. The number of amides is 1. The summed E-state index contributed by atoms with van der Waals surface area (Å²) >= 11 is 0. The molecule has 1 fully saturated rings. The minimum atomic E-state index is 0.345. The second-order valence-electron chi connectivity index (χ2n) is 6.35. The summed E-state index contributed by atoms with van der Waals surface area (Å²) in [6.45, 7) is 9.14. The third-order valence-electron chi connectivity index (χ3n) is 4.65. The minimum absolute atomic E-state index is 0.345. The predicted octanol–water partition coefficient (Wildman–Crippen LogP) is 3.04. The highest BCUT2D eigenvalue weighted by atomic mass is 16.2. The van der Waals surface area contributed by atoms with E-state index in [1.165, 1.54) is 19.3 Å². The summed E-state index contributed by atoms with van der Waals surface area (Å²) in [5, 5.41) is 0. The van der Waals surface area contributed by atoms with Crippen LogP contribution in [0.15, 0.2) is 0 Å². The number of carbonyl (C=O) groups excluding carboxylic acids is 1. The molecule has 1 amide bonds. The molecule has 0 heterocycles. The Morgan fingerprint density at radius 3 is 2.42 bits per heavy atom. The van der Waals surface area contributed by atoms with E-state index in [2.05, 4.69) is 25.7 Å². The van der Waals surface area contributed by atoms with Gasteiger partial charge in [-0.2, -0.15) is 0 Å². The normalized spacial score (nSPS) is 17.3. The van der Waals surface area contributed by atoms with Crippen molar-refractivity contribution in [2.45, 2.75) is 59.3 Å². The first-order valence-electron chi connectivity index (χ1n) is 8.06. The van der Waals surface area contributed by atoms with Gasteiger partial charge in [0.2, 0.25) is 5.91 Å². The number of nitrogens with zero attached hydrogens (tertiary/aromatic N) is 1. The number of hydrogen-bond donors (Lipinski definition) is 1. The number of hydrogen-bond acceptors (Lipinski definition) is 2. The van der Waals surface area contributed by atoms with Gasteiger partial charge < -0.3 is 10.6 Å². The van der Waals surface area contributed by atoms with E-state index in [9.17, 15) is 4.79 Å². The topological polar surface area (TPSA) is 46.3 Å². The molecule has 0 radical (unpaired) electrons. The molecule has 0 aromatic carbocycles. The average molecular weight is 268 g/mol. The van der Waals surface area contributed by atoms with Crippen LogP contribution in [0.1, 0.15) is 59.3 Å². The maximum absolute atomic E-state index is 12.3. The van der Waals surface area contributed by atoms with Crippen molar-refractivity contribution in [1.29, 1.82) is 0 Å². The van der Waals surface area contributed by atoms with E-state index in [-0.39, 0.29) is 0 Å². The lowest BCUT2D eigenvalue weighted by Gasteiger charge is -2.32. The molecule has 0 spiro atoms. The SMILES string of the molecule is CCN(CC1CCC1)C(=O)CCC(CCN)C(C)C. The lowest BCUT2D eigenvalue weighted by atomic mass is 9.85. The summed E-state index contributed by atoms with van der Waals surface area (Å²) in [6.07, 6.45) is 6.71. The van der Waals surface area contributed by atoms with E-state index in [1.807, 2.05) is 0 Å². The molecular formula is C16H32N2O. The fraction of sp³-hybridized carbons (Fsp3) is 0.938. The molecule has 1 atom stereocenters. The van der Waals surface area contributed by atoms with Crippen LogP contribution in [0, 0.1) is 17.8 Å². The standard InChI is InChI=1S/C16H32N2O/c1-4-18(12-14-6-5-7-14)16(19)9-8-15(10-11-17)13(2)3/h13-15H,4-12,17H2,1-3H3. The molecule has 0 aromatic rings. The van der Waals surface area contributed by atoms with Crippen LogP contribution >= 0.6 is 0 Å². The van der Waals surface area contributed by atoms with Crippen molar-refractivity contribution in [3.63, 3.8) is 0 Å². The smallest absolute Gasteiger partial charge is 0.222 e. The van der Waals surface area contributed by atoms with Crippen molar-refractivity contribution in [3.8, 4) is 0 Å². The monoisotopic (exact) mass is 268 g/mol. The fourth-order valence-electron chi connectivity index (χ4n) is 2.89. The van der Waals surface area contributed by atoms with Gasteiger partial charge in [-0.1, -0.05) is 20.3 Å². The van der Waals surface area contributed by atoms with Gasteiger partial charge in [0.05, 0.1) is 0 Å². The molecule has 112 valence electrons. The summed E-state index contributed by atoms with van der Waals surface area (Å²) in [7, 11) is 0. The van der Waals surface area contributed by atoms with Gasteiger partial charge in [-0.15, -0.1) is 0 Å². The Balaban J connectivity index is 2.33. The molecule has 0 saturated heterocycles. The van der Waals surface area contributed by atoms with Gasteiger partial charge in [0.1, 0.15) is 0 Å². The van der Waals surface area contributed by atoms with E-state index < -0.39 is 0 Å². The maximum atomic E-state index is 12.3. The first-order valence-corrected chi connectivity index (χ1v) is 8.06. The minimum Gasteiger partial charge on any atom is -0.343 e. The number of nitrogens with two attached hydrogens (primary N) is 1. The molecule has 1 saturated carbocycles. The molecule has 0 aliphatic heterocycles. The molecule has 1 aliphatic rings. The first kappa shape index (κ1) is 16.5. The molecule has 3 heteroatoms. The summed E-state index contributed by atoms with van der Waals surface area (Å²) in [5.41, 5.74) is 5.66. The van der Waals surface area contributed by atoms with Gasteiger partial charge in [0.15, 0.2) is 0 Å². The van der Waals surface area contributed by atoms with E-state index in [4.69, 9.17) is 5.73 Å². The average Bonchev–Trinajstić information content (AvgIpc) is 2.32. The molecule has 0 aromatic heterocycles. The summed E-state index contributed by atoms with van der Waals surface area (Å²) < 4.78 is 0. The third-order valence-corrected chi connectivity index (χ3v) is 4.65. The Labute approximate surface area is 118 Å². The molecule has 0 bridgehead atoms. The summed E-state index contributed by atoms with van der Waals surface area (Å²) in [4.78, 5) is 14.3. The van der Waals surface area contributed by atoms with Crippen molar-refractivity contribution in [3.05, 3.63) is 0 Å². The van der Waals surface area contributed by atoms with Crippen molar-refractivity contribution in [2.75, 3.05) is 19.6 Å². The molecular weight excluding hydrogens is 236 g/mol. The maximum Gasteiger partial charge on any atom is 0.222 e. The number of carbonyl (C=O) groups is 1. The van der Waals surface area contributed by atoms with E-state index in [1.54, 1.807) is 0 Å². The highest BCUT2D eigenvalue weighted by Gasteiger charge is 2.23. The highest BCUT2D eigenvalue weighted by Crippen LogP contribution is 2.27. The van der Waals surface area contributed by atoms with E-state index >= 15 is 0 Å². The molecule has 1 unspecified atom stereocenters. The van der Waals surface area contributed by atoms with Crippen LogP contribution in [0.3, 0.4) is 0 Å². The summed E-state index contributed by atoms with van der Waals surface area (Å²) in [5.74, 6) is 2.33. The van der Waals surface area contributed by atoms with Crippen LogP contribution in [0.4, 0.5) is 0 Å². The van der Waals surface area contributed by atoms with Crippen molar-refractivity contribution >= 4 is 5.91 Å². The van der Waals surface area contributed by atoms with Gasteiger partial charge in [-0.05, 0) is 56.9 Å². The van der Waals surface area contributed by atoms with Crippen molar-refractivity contribution in [2.24, 2.45) is 23.5 Å². The van der Waals surface area contributed by atoms with Gasteiger partial charge in [0.25, 0.3) is 0 Å². The zero-order chi connectivity index (χ0) is 14.3. The third kappa shape index (κ3) is 5.52. The zero-order valence-corrected chi connectivity index (χ0v) is 13.0. The van der Waals surface area contributed by atoms with Crippen molar-refractivity contribution < 1.29 is 4.79 Å². The zero-order valence-electron chi connectivity index (χ0n) is 13.0. The lowest BCUT2D eigenvalue weighted by molar-refractivity contribution is -0.132. The molecule has 1 rings (SSSR count). The second-order valence-corrected chi connectivity index (χ2v) is 6.35. The molecule has 19 heavy (non-hydrogen) atoms. The number of rotatable bonds is 9. The summed E-state index contributed by atoms with van der Waals surface area (Å²) in [6, 6.07) is 0. The predicted molar refractivity (Wildman–Crippen MR) is 80.8 cm³/mol. The van der Waals surface area contributed by atoms with Crippen LogP contribution in [-0.2, 0) is 4.79 Å². The van der Waals surface area contributed by atoms with Crippen LogP contribution < -0.4 is 5.73 Å². The van der Waals surface area contributed by atoms with Crippen molar-refractivity contribution in [1.82, 2.24) is 4.90 Å². The Morgan fingerprint density at radius 1 is 1.32 bits per heavy atom. The van der Waals surface area contributed by atoms with E-state index in [0.29, 0.717) is 24.2 Å². The first-order chi connectivity index (χ1) is 9.08. The molecule has 2 N–H and O–H groups in total. The Hall–Kier alpha value is -0.570. The van der Waals surface area contributed by atoms with E-state index in [0.717, 1.165) is 38.4 Å². The quantitative estimate of drug-likeness (QED) is 0.698. The second kappa shape index (κ2) is 8.57.